The van der Waals surface area contributed by atoms with Gasteiger partial charge >= 0.3 is 0 Å². The summed E-state index contributed by atoms with van der Waals surface area (Å²) in [5, 5.41) is 3.15. The predicted molar refractivity (Wildman–Crippen MR) is 101 cm³/mol. The van der Waals surface area contributed by atoms with Crippen molar-refractivity contribution in [3.05, 3.63) is 46.2 Å². The lowest BCUT2D eigenvalue weighted by molar-refractivity contribution is 0.0749. The first kappa shape index (κ1) is 18.4. The molecule has 0 saturated carbocycles. The van der Waals surface area contributed by atoms with Crippen LogP contribution in [-0.2, 0) is 0 Å². The molecule has 0 saturated heterocycles. The highest BCUT2D eigenvalue weighted by molar-refractivity contribution is 9.10. The minimum Gasteiger partial charge on any atom is -0.337 e. The van der Waals surface area contributed by atoms with E-state index >= 15 is 0 Å². The summed E-state index contributed by atoms with van der Waals surface area (Å²) in [5.74, 6) is 0.374. The van der Waals surface area contributed by atoms with Crippen LogP contribution in [-0.4, -0.2) is 33.9 Å². The summed E-state index contributed by atoms with van der Waals surface area (Å²) in [6.07, 6.45) is 3.47. The van der Waals surface area contributed by atoms with E-state index in [-0.39, 0.29) is 5.91 Å². The highest BCUT2D eigenvalue weighted by Gasteiger charge is 2.16. The van der Waals surface area contributed by atoms with E-state index in [2.05, 4.69) is 45.1 Å². The van der Waals surface area contributed by atoms with Crippen molar-refractivity contribution in [1.29, 1.82) is 0 Å². The summed E-state index contributed by atoms with van der Waals surface area (Å²) < 4.78 is 1.01. The van der Waals surface area contributed by atoms with Crippen LogP contribution in [0.5, 0.6) is 0 Å². The lowest BCUT2D eigenvalue weighted by Gasteiger charge is -2.21. The van der Waals surface area contributed by atoms with Crippen LogP contribution in [0.3, 0.4) is 0 Å². The lowest BCUT2D eigenvalue weighted by Crippen LogP contribution is -2.33. The predicted octanol–water partition coefficient (Wildman–Crippen LogP) is 4.55. The average molecular weight is 391 g/mol. The van der Waals surface area contributed by atoms with Crippen molar-refractivity contribution >= 4 is 33.5 Å². The van der Waals surface area contributed by atoms with E-state index in [0.29, 0.717) is 11.6 Å². The molecule has 6 heteroatoms. The molecule has 2 aromatic rings. The molecule has 0 radical (unpaired) electrons. The summed E-state index contributed by atoms with van der Waals surface area (Å²) in [5.41, 5.74) is 2.44. The van der Waals surface area contributed by atoms with Gasteiger partial charge < -0.3 is 10.2 Å². The number of benzene rings is 1. The van der Waals surface area contributed by atoms with E-state index in [1.54, 1.807) is 12.3 Å². The van der Waals surface area contributed by atoms with Gasteiger partial charge in [-0.05, 0) is 43.5 Å². The largest absolute Gasteiger partial charge is 0.337 e. The van der Waals surface area contributed by atoms with Gasteiger partial charge in [-0.2, -0.15) is 0 Å². The van der Waals surface area contributed by atoms with Crippen LogP contribution < -0.4 is 5.32 Å². The number of anilines is 2. The monoisotopic (exact) mass is 390 g/mol. The molecule has 0 atom stereocenters. The second-order valence-corrected chi connectivity index (χ2v) is 6.50. The van der Waals surface area contributed by atoms with Crippen LogP contribution in [0.25, 0.3) is 0 Å². The molecule has 2 rings (SSSR count). The zero-order valence-corrected chi connectivity index (χ0v) is 15.9. The first-order chi connectivity index (χ1) is 11.5. The Kier molecular flexibility index (Phi) is 6.73. The second-order valence-electron chi connectivity index (χ2n) is 5.65. The lowest BCUT2D eigenvalue weighted by atomic mass is 10.2. The van der Waals surface area contributed by atoms with Crippen molar-refractivity contribution in [3.8, 4) is 0 Å². The highest BCUT2D eigenvalue weighted by Crippen LogP contribution is 2.22. The van der Waals surface area contributed by atoms with Crippen molar-refractivity contribution in [1.82, 2.24) is 14.9 Å². The van der Waals surface area contributed by atoms with Gasteiger partial charge in [0.25, 0.3) is 5.91 Å². The van der Waals surface area contributed by atoms with E-state index in [1.807, 2.05) is 30.0 Å². The van der Waals surface area contributed by atoms with E-state index in [4.69, 9.17) is 0 Å². The van der Waals surface area contributed by atoms with E-state index in [1.165, 1.54) is 0 Å². The van der Waals surface area contributed by atoms with Crippen LogP contribution in [0.2, 0.25) is 0 Å². The molecule has 0 unspecified atom stereocenters. The van der Waals surface area contributed by atoms with Crippen molar-refractivity contribution in [2.24, 2.45) is 0 Å². The standard InChI is InChI=1S/C18H23BrN4O/c1-4-10-23(11-5-2)17(24)16-8-9-20-18(22-16)21-14-7-6-13(3)15(19)12-14/h6-9,12H,4-5,10-11H2,1-3H3,(H,20,21,22). The number of rotatable bonds is 7. The molecule has 0 aliphatic heterocycles. The molecule has 0 bridgehead atoms. The number of aryl methyl sites for hydroxylation is 1. The van der Waals surface area contributed by atoms with Gasteiger partial charge in [0.1, 0.15) is 5.69 Å². The topological polar surface area (TPSA) is 58.1 Å². The van der Waals surface area contributed by atoms with Crippen LogP contribution in [0, 0.1) is 6.92 Å². The Morgan fingerprint density at radius 2 is 1.92 bits per heavy atom. The van der Waals surface area contributed by atoms with Gasteiger partial charge in [0.15, 0.2) is 0 Å². The number of hydrogen-bond acceptors (Lipinski definition) is 4. The Balaban J connectivity index is 2.18. The maximum Gasteiger partial charge on any atom is 0.272 e. The third kappa shape index (κ3) is 4.77. The smallest absolute Gasteiger partial charge is 0.272 e. The second kappa shape index (κ2) is 8.78. The fourth-order valence-corrected chi connectivity index (χ4v) is 2.73. The summed E-state index contributed by atoms with van der Waals surface area (Å²) in [6, 6.07) is 7.59. The molecule has 1 heterocycles. The van der Waals surface area contributed by atoms with Gasteiger partial charge in [0, 0.05) is 29.4 Å². The number of carbonyl (C=O) groups excluding carboxylic acids is 1. The number of nitrogens with one attached hydrogen (secondary N) is 1. The summed E-state index contributed by atoms with van der Waals surface area (Å²) in [6.45, 7) is 7.64. The Morgan fingerprint density at radius 1 is 1.21 bits per heavy atom. The molecule has 128 valence electrons. The molecule has 1 N–H and O–H groups in total. The Labute approximate surface area is 151 Å². The van der Waals surface area contributed by atoms with Gasteiger partial charge in [0.2, 0.25) is 5.95 Å². The fraction of sp³-hybridized carbons (Fsp3) is 0.389. The number of amides is 1. The molecule has 0 aliphatic carbocycles. The Bertz CT molecular complexity index is 699. The molecule has 0 fully saturated rings. The zero-order valence-electron chi connectivity index (χ0n) is 14.3. The first-order valence-electron chi connectivity index (χ1n) is 8.20. The molecular formula is C18H23BrN4O. The van der Waals surface area contributed by atoms with Gasteiger partial charge in [-0.25, -0.2) is 9.97 Å². The normalized spacial score (nSPS) is 10.5. The van der Waals surface area contributed by atoms with E-state index < -0.39 is 0 Å². The van der Waals surface area contributed by atoms with Crippen LogP contribution in [0.4, 0.5) is 11.6 Å². The third-order valence-electron chi connectivity index (χ3n) is 3.58. The quantitative estimate of drug-likeness (QED) is 0.752. The summed E-state index contributed by atoms with van der Waals surface area (Å²) in [4.78, 5) is 23.1. The molecule has 1 amide bonds. The Morgan fingerprint density at radius 3 is 2.54 bits per heavy atom. The number of hydrogen-bond donors (Lipinski definition) is 1. The van der Waals surface area contributed by atoms with E-state index in [0.717, 1.165) is 41.7 Å². The average Bonchev–Trinajstić information content (AvgIpc) is 2.58. The molecule has 1 aromatic heterocycles. The molecule has 0 spiro atoms. The van der Waals surface area contributed by atoms with Crippen LogP contribution >= 0.6 is 15.9 Å². The van der Waals surface area contributed by atoms with Crippen LogP contribution in [0.1, 0.15) is 42.7 Å². The van der Waals surface area contributed by atoms with Gasteiger partial charge in [0.05, 0.1) is 0 Å². The van der Waals surface area contributed by atoms with Gasteiger partial charge in [-0.15, -0.1) is 0 Å². The minimum absolute atomic E-state index is 0.0470. The molecular weight excluding hydrogens is 368 g/mol. The Hall–Kier alpha value is -1.95. The first-order valence-corrected chi connectivity index (χ1v) is 9.00. The zero-order chi connectivity index (χ0) is 17.5. The summed E-state index contributed by atoms with van der Waals surface area (Å²) in [7, 11) is 0. The van der Waals surface area contributed by atoms with Crippen molar-refractivity contribution in [3.63, 3.8) is 0 Å². The molecule has 24 heavy (non-hydrogen) atoms. The number of carbonyl (C=O) groups is 1. The molecule has 1 aromatic carbocycles. The van der Waals surface area contributed by atoms with E-state index in [9.17, 15) is 4.79 Å². The number of aromatic nitrogens is 2. The van der Waals surface area contributed by atoms with Crippen molar-refractivity contribution in [2.75, 3.05) is 18.4 Å². The molecule has 5 nitrogen and oxygen atoms in total. The third-order valence-corrected chi connectivity index (χ3v) is 4.43. The molecule has 0 aliphatic rings. The minimum atomic E-state index is -0.0470. The highest BCUT2D eigenvalue weighted by atomic mass is 79.9. The van der Waals surface area contributed by atoms with Crippen molar-refractivity contribution < 1.29 is 4.79 Å². The SMILES string of the molecule is CCCN(CCC)C(=O)c1ccnc(Nc2ccc(C)c(Br)c2)n1. The maximum absolute atomic E-state index is 12.6. The van der Waals surface area contributed by atoms with Gasteiger partial charge in [-0.3, -0.25) is 4.79 Å². The van der Waals surface area contributed by atoms with Crippen LogP contribution in [0.15, 0.2) is 34.9 Å². The van der Waals surface area contributed by atoms with Gasteiger partial charge in [-0.1, -0.05) is 35.8 Å². The van der Waals surface area contributed by atoms with Crippen molar-refractivity contribution in [2.45, 2.75) is 33.6 Å². The summed E-state index contributed by atoms with van der Waals surface area (Å²) >= 11 is 3.51. The number of nitrogens with zero attached hydrogens (tertiary/aromatic N) is 3. The fourth-order valence-electron chi connectivity index (χ4n) is 2.35. The number of halogens is 1. The maximum atomic E-state index is 12.6.